The van der Waals surface area contributed by atoms with Gasteiger partial charge in [-0.25, -0.2) is 4.39 Å². The van der Waals surface area contributed by atoms with Crippen LogP contribution < -0.4 is 11.1 Å². The smallest absolute Gasteiger partial charge is 0.242 e. The van der Waals surface area contributed by atoms with Gasteiger partial charge >= 0.3 is 0 Å². The lowest BCUT2D eigenvalue weighted by atomic mass is 10.2. The molecule has 1 atom stereocenters. The van der Waals surface area contributed by atoms with Crippen molar-refractivity contribution in [2.24, 2.45) is 5.73 Å². The molecule has 0 unspecified atom stereocenters. The predicted octanol–water partition coefficient (Wildman–Crippen LogP) is 1.62. The van der Waals surface area contributed by atoms with E-state index in [4.69, 9.17) is 5.73 Å². The Balaban J connectivity index is 0.00000112. The largest absolute Gasteiger partial charge is 0.321 e. The normalized spacial score (nSPS) is 19.6. The summed E-state index contributed by atoms with van der Waals surface area (Å²) in [4.78, 5) is 12.0. The fraction of sp³-hybridized carbons (Fsp3) is 0.222. The summed E-state index contributed by atoms with van der Waals surface area (Å²) in [7, 11) is 0. The quantitative estimate of drug-likeness (QED) is 0.734. The number of amides is 1. The fourth-order valence-corrected chi connectivity index (χ4v) is 2.20. The van der Waals surface area contributed by atoms with Gasteiger partial charge in [-0.05, 0) is 12.1 Å². The molecule has 6 heteroatoms. The Labute approximate surface area is 97.0 Å². The van der Waals surface area contributed by atoms with E-state index in [1.165, 1.54) is 17.8 Å². The maximum absolute atomic E-state index is 13.3. The lowest BCUT2D eigenvalue weighted by Crippen LogP contribution is -2.36. The van der Waals surface area contributed by atoms with Crippen molar-refractivity contribution in [3.05, 3.63) is 24.0 Å². The van der Waals surface area contributed by atoms with Crippen molar-refractivity contribution in [1.29, 1.82) is 0 Å². The van der Waals surface area contributed by atoms with Crippen LogP contribution in [-0.4, -0.2) is 17.7 Å². The second-order valence-corrected chi connectivity index (χ2v) is 4.08. The Bertz CT molecular complexity index is 388. The number of para-hydroxylation sites is 1. The first-order chi connectivity index (χ1) is 6.68. The van der Waals surface area contributed by atoms with Crippen LogP contribution in [0.3, 0.4) is 0 Å². The molecule has 0 fully saturated rings. The van der Waals surface area contributed by atoms with Crippen molar-refractivity contribution >= 4 is 35.8 Å². The molecule has 0 bridgehead atoms. The van der Waals surface area contributed by atoms with E-state index in [2.05, 4.69) is 5.32 Å². The molecule has 2 rings (SSSR count). The second kappa shape index (κ2) is 4.83. The highest BCUT2D eigenvalue weighted by atomic mass is 35.5. The molecule has 1 aromatic carbocycles. The molecule has 1 amide bonds. The van der Waals surface area contributed by atoms with Gasteiger partial charge in [0.25, 0.3) is 0 Å². The van der Waals surface area contributed by atoms with Crippen molar-refractivity contribution in [2.75, 3.05) is 11.1 Å². The van der Waals surface area contributed by atoms with Crippen LogP contribution >= 0.6 is 24.2 Å². The number of fused-ring (bicyclic) bond motifs is 1. The average molecular weight is 249 g/mol. The minimum atomic E-state index is -0.577. The van der Waals surface area contributed by atoms with Crippen LogP contribution in [0.15, 0.2) is 23.1 Å². The Morgan fingerprint density at radius 3 is 3.00 bits per heavy atom. The van der Waals surface area contributed by atoms with E-state index in [1.807, 2.05) is 0 Å². The van der Waals surface area contributed by atoms with Gasteiger partial charge in [0.05, 0.1) is 11.7 Å². The summed E-state index contributed by atoms with van der Waals surface area (Å²) in [5.41, 5.74) is 5.80. The van der Waals surface area contributed by atoms with E-state index in [0.29, 0.717) is 5.75 Å². The minimum Gasteiger partial charge on any atom is -0.321 e. The van der Waals surface area contributed by atoms with Crippen LogP contribution in [0.1, 0.15) is 0 Å². The number of hydrogen-bond acceptors (Lipinski definition) is 3. The number of rotatable bonds is 0. The molecule has 1 aromatic rings. The van der Waals surface area contributed by atoms with Gasteiger partial charge in [-0.15, -0.1) is 24.2 Å². The number of nitrogens with two attached hydrogens (primary N) is 1. The van der Waals surface area contributed by atoms with Gasteiger partial charge in [0.15, 0.2) is 0 Å². The van der Waals surface area contributed by atoms with Gasteiger partial charge in [0, 0.05) is 10.6 Å². The highest BCUT2D eigenvalue weighted by molar-refractivity contribution is 7.99. The predicted molar refractivity (Wildman–Crippen MR) is 61.0 cm³/mol. The third-order valence-electron chi connectivity index (χ3n) is 1.98. The van der Waals surface area contributed by atoms with Crippen molar-refractivity contribution in [2.45, 2.75) is 10.9 Å². The monoisotopic (exact) mass is 248 g/mol. The van der Waals surface area contributed by atoms with E-state index in [0.717, 1.165) is 4.90 Å². The van der Waals surface area contributed by atoms with Crippen LogP contribution in [0.25, 0.3) is 0 Å². The zero-order valence-corrected chi connectivity index (χ0v) is 9.33. The molecule has 0 aromatic heterocycles. The second-order valence-electron chi connectivity index (χ2n) is 3.02. The molecule has 3 nitrogen and oxygen atoms in total. The fourth-order valence-electron chi connectivity index (χ4n) is 1.22. The van der Waals surface area contributed by atoms with Gasteiger partial charge in [0.2, 0.25) is 5.91 Å². The van der Waals surface area contributed by atoms with E-state index >= 15 is 0 Å². The highest BCUT2D eigenvalue weighted by Gasteiger charge is 2.22. The summed E-state index contributed by atoms with van der Waals surface area (Å²) in [5, 5.41) is 2.48. The maximum Gasteiger partial charge on any atom is 0.242 e. The minimum absolute atomic E-state index is 0. The summed E-state index contributed by atoms with van der Waals surface area (Å²) >= 11 is 1.39. The molecule has 15 heavy (non-hydrogen) atoms. The molecular weight excluding hydrogens is 239 g/mol. The number of hydrogen-bond donors (Lipinski definition) is 2. The van der Waals surface area contributed by atoms with E-state index < -0.39 is 11.9 Å². The molecule has 1 aliphatic heterocycles. The SMILES string of the molecule is Cl.N[C@H]1CSc2cccc(F)c2NC1=O. The molecule has 0 saturated carbocycles. The maximum atomic E-state index is 13.3. The molecule has 1 heterocycles. The topological polar surface area (TPSA) is 55.1 Å². The van der Waals surface area contributed by atoms with Gasteiger partial charge in [-0.2, -0.15) is 0 Å². The van der Waals surface area contributed by atoms with E-state index in [1.54, 1.807) is 12.1 Å². The Morgan fingerprint density at radius 1 is 1.53 bits per heavy atom. The molecule has 1 aliphatic rings. The molecular formula is C9H10ClFN2OS. The van der Waals surface area contributed by atoms with E-state index in [9.17, 15) is 9.18 Å². The summed E-state index contributed by atoms with van der Waals surface area (Å²) in [6.45, 7) is 0. The summed E-state index contributed by atoms with van der Waals surface area (Å²) in [6, 6.07) is 4.12. The van der Waals surface area contributed by atoms with Crippen molar-refractivity contribution in [3.8, 4) is 0 Å². The van der Waals surface area contributed by atoms with Crippen LogP contribution in [0.5, 0.6) is 0 Å². The average Bonchev–Trinajstić information content (AvgIpc) is 2.30. The Kier molecular flexibility index (Phi) is 3.96. The van der Waals surface area contributed by atoms with Crippen LogP contribution in [0.4, 0.5) is 10.1 Å². The lowest BCUT2D eigenvalue weighted by Gasteiger charge is -2.06. The third kappa shape index (κ3) is 2.42. The molecule has 3 N–H and O–H groups in total. The number of halogens is 2. The van der Waals surface area contributed by atoms with Gasteiger partial charge in [-0.3, -0.25) is 4.79 Å². The standard InChI is InChI=1S/C9H9FN2OS.ClH/c10-5-2-1-3-7-8(5)12-9(13)6(11)4-14-7;/h1-3,6H,4,11H2,(H,12,13);1H/t6-;/m0./s1. The van der Waals surface area contributed by atoms with Gasteiger partial charge in [0.1, 0.15) is 5.82 Å². The van der Waals surface area contributed by atoms with Crippen molar-refractivity contribution in [3.63, 3.8) is 0 Å². The van der Waals surface area contributed by atoms with Crippen molar-refractivity contribution < 1.29 is 9.18 Å². The van der Waals surface area contributed by atoms with Crippen LogP contribution in [0.2, 0.25) is 0 Å². The summed E-state index contributed by atoms with van der Waals surface area (Å²) < 4.78 is 13.3. The van der Waals surface area contributed by atoms with Gasteiger partial charge in [-0.1, -0.05) is 6.07 Å². The molecule has 0 saturated heterocycles. The van der Waals surface area contributed by atoms with Crippen LogP contribution in [-0.2, 0) is 4.79 Å². The zero-order valence-electron chi connectivity index (χ0n) is 7.70. The molecule has 0 radical (unpaired) electrons. The Morgan fingerprint density at radius 2 is 2.27 bits per heavy atom. The summed E-state index contributed by atoms with van der Waals surface area (Å²) in [6.07, 6.45) is 0. The lowest BCUT2D eigenvalue weighted by molar-refractivity contribution is -0.116. The molecule has 0 spiro atoms. The number of carbonyl (C=O) groups is 1. The number of carbonyl (C=O) groups excluding carboxylic acids is 1. The number of anilines is 1. The summed E-state index contributed by atoms with van der Waals surface area (Å²) in [5.74, 6) is -0.277. The third-order valence-corrected chi connectivity index (χ3v) is 3.16. The highest BCUT2D eigenvalue weighted by Crippen LogP contribution is 2.32. The molecule has 82 valence electrons. The molecule has 0 aliphatic carbocycles. The first kappa shape index (κ1) is 12.3. The first-order valence-corrected chi connectivity index (χ1v) is 5.15. The van der Waals surface area contributed by atoms with Crippen LogP contribution in [0, 0.1) is 5.82 Å². The zero-order chi connectivity index (χ0) is 10.1. The Hall–Kier alpha value is -0.780. The van der Waals surface area contributed by atoms with Crippen molar-refractivity contribution in [1.82, 2.24) is 0 Å². The first-order valence-electron chi connectivity index (χ1n) is 4.16. The van der Waals surface area contributed by atoms with Gasteiger partial charge < -0.3 is 11.1 Å². The number of thioether (sulfide) groups is 1. The number of benzene rings is 1. The van der Waals surface area contributed by atoms with E-state index in [-0.39, 0.29) is 24.0 Å². The number of nitrogens with one attached hydrogen (secondary N) is 1.